The van der Waals surface area contributed by atoms with Crippen LogP contribution in [0.5, 0.6) is 5.75 Å². The highest BCUT2D eigenvalue weighted by molar-refractivity contribution is 5.96. The summed E-state index contributed by atoms with van der Waals surface area (Å²) < 4.78 is 24.0. The lowest BCUT2D eigenvalue weighted by atomic mass is 10.1. The molecule has 0 bridgehead atoms. The number of ether oxygens (including phenoxy) is 2. The third-order valence-corrected chi connectivity index (χ3v) is 4.14. The molecule has 0 aliphatic rings. The summed E-state index contributed by atoms with van der Waals surface area (Å²) in [6, 6.07) is 21.2. The van der Waals surface area contributed by atoms with Gasteiger partial charge in [0, 0.05) is 11.3 Å². The van der Waals surface area contributed by atoms with Crippen LogP contribution in [-0.4, -0.2) is 18.5 Å². The van der Waals surface area contributed by atoms with Gasteiger partial charge in [0.1, 0.15) is 11.6 Å². The number of carbonyl (C=O) groups excluding carboxylic acids is 2. The lowest BCUT2D eigenvalue weighted by molar-refractivity contribution is -0.156. The van der Waals surface area contributed by atoms with Crippen molar-refractivity contribution in [3.8, 4) is 5.75 Å². The minimum Gasteiger partial charge on any atom is -0.482 e. The zero-order valence-electron chi connectivity index (χ0n) is 15.8. The summed E-state index contributed by atoms with van der Waals surface area (Å²) in [5, 5.41) is 2.63. The average Bonchev–Trinajstić information content (AvgIpc) is 2.73. The van der Waals surface area contributed by atoms with Crippen LogP contribution in [0.25, 0.3) is 0 Å². The number of halogens is 1. The van der Waals surface area contributed by atoms with Crippen molar-refractivity contribution in [3.63, 3.8) is 0 Å². The monoisotopic (exact) mass is 393 g/mol. The first-order valence-electron chi connectivity index (χ1n) is 9.02. The number of amides is 1. The van der Waals surface area contributed by atoms with Gasteiger partial charge in [-0.2, -0.15) is 0 Å². The Morgan fingerprint density at radius 3 is 2.28 bits per heavy atom. The van der Waals surface area contributed by atoms with Crippen LogP contribution in [0, 0.1) is 12.7 Å². The topological polar surface area (TPSA) is 64.6 Å². The highest BCUT2D eigenvalue weighted by Gasteiger charge is 2.25. The second-order valence-corrected chi connectivity index (χ2v) is 6.33. The number of rotatable bonds is 7. The molecule has 1 amide bonds. The highest BCUT2D eigenvalue weighted by Crippen LogP contribution is 2.21. The van der Waals surface area contributed by atoms with Gasteiger partial charge in [0.25, 0.3) is 5.91 Å². The quantitative estimate of drug-likeness (QED) is 0.603. The molecule has 0 aliphatic carbocycles. The van der Waals surface area contributed by atoms with Crippen molar-refractivity contribution >= 4 is 17.6 Å². The minimum atomic E-state index is -1.17. The lowest BCUT2D eigenvalue weighted by Gasteiger charge is -2.18. The van der Waals surface area contributed by atoms with E-state index >= 15 is 0 Å². The molecule has 0 saturated heterocycles. The predicted octanol–water partition coefficient (Wildman–Crippen LogP) is 4.44. The number of benzene rings is 3. The number of aryl methyl sites for hydroxylation is 1. The van der Waals surface area contributed by atoms with Gasteiger partial charge in [-0.15, -0.1) is 0 Å². The molecule has 3 aromatic carbocycles. The summed E-state index contributed by atoms with van der Waals surface area (Å²) in [6.07, 6.45) is -1.17. The van der Waals surface area contributed by atoms with Gasteiger partial charge in [0.15, 0.2) is 6.61 Å². The molecule has 0 spiro atoms. The zero-order valence-corrected chi connectivity index (χ0v) is 15.8. The number of anilines is 1. The Morgan fingerprint density at radius 1 is 0.931 bits per heavy atom. The molecule has 3 rings (SSSR count). The van der Waals surface area contributed by atoms with Crippen molar-refractivity contribution in [1.29, 1.82) is 0 Å². The maximum atomic E-state index is 13.1. The minimum absolute atomic E-state index is 0.335. The largest absolute Gasteiger partial charge is 0.482 e. The molecule has 0 radical (unpaired) electrons. The summed E-state index contributed by atoms with van der Waals surface area (Å²) in [5.41, 5.74) is 1.79. The number of hydrogen-bond acceptors (Lipinski definition) is 4. The maximum Gasteiger partial charge on any atom is 0.345 e. The molecule has 1 N–H and O–H groups in total. The second-order valence-electron chi connectivity index (χ2n) is 6.33. The molecule has 0 saturated carbocycles. The number of nitrogens with one attached hydrogen (secondary N) is 1. The third-order valence-electron chi connectivity index (χ3n) is 4.14. The summed E-state index contributed by atoms with van der Waals surface area (Å²) >= 11 is 0. The molecular formula is C23H20FNO4. The van der Waals surface area contributed by atoms with Gasteiger partial charge in [-0.05, 0) is 42.8 Å². The van der Waals surface area contributed by atoms with Crippen LogP contribution in [-0.2, 0) is 14.3 Å². The van der Waals surface area contributed by atoms with Crippen molar-refractivity contribution in [2.75, 3.05) is 11.9 Å². The Morgan fingerprint density at radius 2 is 1.59 bits per heavy atom. The van der Waals surface area contributed by atoms with E-state index in [0.717, 1.165) is 5.56 Å². The van der Waals surface area contributed by atoms with Crippen LogP contribution >= 0.6 is 0 Å². The van der Waals surface area contributed by atoms with Gasteiger partial charge < -0.3 is 14.8 Å². The molecule has 6 heteroatoms. The first kappa shape index (κ1) is 20.1. The molecule has 5 nitrogen and oxygen atoms in total. The van der Waals surface area contributed by atoms with E-state index in [0.29, 0.717) is 17.0 Å². The van der Waals surface area contributed by atoms with E-state index in [2.05, 4.69) is 5.32 Å². The lowest BCUT2D eigenvalue weighted by Crippen LogP contribution is -2.28. The van der Waals surface area contributed by atoms with E-state index in [-0.39, 0.29) is 6.61 Å². The first-order valence-corrected chi connectivity index (χ1v) is 9.02. The maximum absolute atomic E-state index is 13.1. The van der Waals surface area contributed by atoms with Gasteiger partial charge in [0.2, 0.25) is 6.10 Å². The fourth-order valence-corrected chi connectivity index (χ4v) is 2.66. The Kier molecular flexibility index (Phi) is 6.58. The van der Waals surface area contributed by atoms with Crippen molar-refractivity contribution in [2.24, 2.45) is 0 Å². The van der Waals surface area contributed by atoms with E-state index < -0.39 is 23.8 Å². The molecular weight excluding hydrogens is 373 g/mol. The van der Waals surface area contributed by atoms with E-state index in [4.69, 9.17) is 9.47 Å². The number of carbonyl (C=O) groups is 2. The van der Waals surface area contributed by atoms with Gasteiger partial charge in [-0.3, -0.25) is 4.79 Å². The Hall–Kier alpha value is -3.67. The van der Waals surface area contributed by atoms with Crippen LogP contribution in [0.2, 0.25) is 0 Å². The first-order chi connectivity index (χ1) is 14.0. The second kappa shape index (κ2) is 9.50. The average molecular weight is 393 g/mol. The van der Waals surface area contributed by atoms with Crippen molar-refractivity contribution in [1.82, 2.24) is 0 Å². The molecule has 0 fully saturated rings. The van der Waals surface area contributed by atoms with E-state index in [9.17, 15) is 14.0 Å². The molecule has 0 aromatic heterocycles. The summed E-state index contributed by atoms with van der Waals surface area (Å²) in [4.78, 5) is 25.1. The smallest absolute Gasteiger partial charge is 0.345 e. The van der Waals surface area contributed by atoms with Crippen LogP contribution in [0.3, 0.4) is 0 Å². The summed E-state index contributed by atoms with van der Waals surface area (Å²) in [5.74, 6) is -1.08. The van der Waals surface area contributed by atoms with Crippen LogP contribution in [0.1, 0.15) is 17.2 Å². The van der Waals surface area contributed by atoms with Gasteiger partial charge in [-0.1, -0.05) is 48.5 Å². The third kappa shape index (κ3) is 5.65. The van der Waals surface area contributed by atoms with Crippen LogP contribution < -0.4 is 10.1 Å². The molecule has 3 aromatic rings. The summed E-state index contributed by atoms with van der Waals surface area (Å²) in [6.45, 7) is 1.53. The zero-order chi connectivity index (χ0) is 20.6. The fourth-order valence-electron chi connectivity index (χ4n) is 2.66. The Labute approximate surface area is 168 Å². The normalized spacial score (nSPS) is 11.4. The van der Waals surface area contributed by atoms with E-state index in [1.165, 1.54) is 24.3 Å². The molecule has 29 heavy (non-hydrogen) atoms. The standard InChI is InChI=1S/C23H20FNO4/c1-16-7-5-6-10-20(16)28-15-21(26)29-22(17-8-3-2-4-9-17)23(27)25-19-13-11-18(24)12-14-19/h2-14,22H,15H2,1H3,(H,25,27). The molecule has 0 aliphatic heterocycles. The molecule has 1 atom stereocenters. The van der Waals surface area contributed by atoms with Gasteiger partial charge in [-0.25, -0.2) is 9.18 Å². The molecule has 0 heterocycles. The Bertz CT molecular complexity index is 974. The van der Waals surface area contributed by atoms with Crippen LogP contribution in [0.4, 0.5) is 10.1 Å². The Balaban J connectivity index is 1.70. The number of esters is 1. The van der Waals surface area contributed by atoms with E-state index in [1.807, 2.05) is 19.1 Å². The van der Waals surface area contributed by atoms with Gasteiger partial charge >= 0.3 is 5.97 Å². The number of para-hydroxylation sites is 1. The van der Waals surface area contributed by atoms with Crippen molar-refractivity contribution in [3.05, 3.63) is 95.8 Å². The van der Waals surface area contributed by atoms with E-state index in [1.54, 1.807) is 42.5 Å². The van der Waals surface area contributed by atoms with Crippen LogP contribution in [0.15, 0.2) is 78.9 Å². The molecule has 148 valence electrons. The highest BCUT2D eigenvalue weighted by atomic mass is 19.1. The number of hydrogen-bond donors (Lipinski definition) is 1. The predicted molar refractivity (Wildman–Crippen MR) is 107 cm³/mol. The van der Waals surface area contributed by atoms with Crippen molar-refractivity contribution < 1.29 is 23.5 Å². The summed E-state index contributed by atoms with van der Waals surface area (Å²) in [7, 11) is 0. The molecule has 1 unspecified atom stereocenters. The van der Waals surface area contributed by atoms with Crippen molar-refractivity contribution in [2.45, 2.75) is 13.0 Å². The fraction of sp³-hybridized carbons (Fsp3) is 0.130. The SMILES string of the molecule is Cc1ccccc1OCC(=O)OC(C(=O)Nc1ccc(F)cc1)c1ccccc1. The van der Waals surface area contributed by atoms with Gasteiger partial charge in [0.05, 0.1) is 0 Å².